The first-order valence-electron chi connectivity index (χ1n) is 10.4. The van der Waals surface area contributed by atoms with Crippen LogP contribution >= 0.6 is 0 Å². The molecule has 0 saturated carbocycles. The topological polar surface area (TPSA) is 117 Å². The van der Waals surface area contributed by atoms with E-state index in [-0.39, 0.29) is 30.8 Å². The molecule has 33 heavy (non-hydrogen) atoms. The van der Waals surface area contributed by atoms with Crippen LogP contribution in [0, 0.1) is 0 Å². The molecule has 3 aromatic rings. The summed E-state index contributed by atoms with van der Waals surface area (Å²) in [4.78, 5) is 0. The molecule has 0 spiro atoms. The van der Waals surface area contributed by atoms with Gasteiger partial charge in [0.05, 0.1) is 18.0 Å². The van der Waals surface area contributed by atoms with E-state index in [1.165, 1.54) is 12.1 Å². The minimum absolute atomic E-state index is 0.0191. The van der Waals surface area contributed by atoms with Crippen molar-refractivity contribution in [2.24, 2.45) is 0 Å². The van der Waals surface area contributed by atoms with Gasteiger partial charge in [0, 0.05) is 12.6 Å². The van der Waals surface area contributed by atoms with Gasteiger partial charge in [0.25, 0.3) is 0 Å². The number of sulfonamides is 1. The molecule has 0 bridgehead atoms. The maximum absolute atomic E-state index is 11.5. The van der Waals surface area contributed by atoms with E-state index in [1.54, 1.807) is 6.07 Å². The Balaban J connectivity index is 1.52. The molecule has 174 valence electrons. The van der Waals surface area contributed by atoms with Gasteiger partial charge in [-0.3, -0.25) is 4.72 Å². The molecule has 0 aromatic heterocycles. The first kappa shape index (κ1) is 22.9. The fourth-order valence-electron chi connectivity index (χ4n) is 3.70. The molecule has 9 heteroatoms. The van der Waals surface area contributed by atoms with E-state index in [9.17, 15) is 18.6 Å². The van der Waals surface area contributed by atoms with Crippen LogP contribution < -0.4 is 19.5 Å². The van der Waals surface area contributed by atoms with Gasteiger partial charge in [-0.2, -0.15) is 0 Å². The van der Waals surface area contributed by atoms with Crippen molar-refractivity contribution in [1.82, 2.24) is 5.32 Å². The number of ether oxygens (including phenoxy) is 2. The van der Waals surface area contributed by atoms with Crippen molar-refractivity contribution in [2.75, 3.05) is 24.3 Å². The van der Waals surface area contributed by atoms with Crippen LogP contribution in [0.25, 0.3) is 0 Å². The third kappa shape index (κ3) is 5.95. The second-order valence-electron chi connectivity index (χ2n) is 7.93. The van der Waals surface area contributed by atoms with Crippen LogP contribution in [0.5, 0.6) is 17.2 Å². The second-order valence-corrected chi connectivity index (χ2v) is 9.68. The number of benzene rings is 3. The van der Waals surface area contributed by atoms with E-state index >= 15 is 0 Å². The Kier molecular flexibility index (Phi) is 6.73. The average Bonchev–Trinajstić information content (AvgIpc) is 3.25. The van der Waals surface area contributed by atoms with Gasteiger partial charge in [-0.25, -0.2) is 8.42 Å². The maximum Gasteiger partial charge on any atom is 0.231 e. The number of hydrogen-bond acceptors (Lipinski definition) is 7. The monoisotopic (exact) mass is 470 g/mol. The third-order valence-corrected chi connectivity index (χ3v) is 5.93. The summed E-state index contributed by atoms with van der Waals surface area (Å²) in [6, 6.07) is 20.0. The number of phenolic OH excluding ortho intramolecular Hbond substituents is 1. The summed E-state index contributed by atoms with van der Waals surface area (Å²) >= 11 is 0. The number of phenols is 1. The molecule has 4 rings (SSSR count). The van der Waals surface area contributed by atoms with Crippen molar-refractivity contribution in [3.8, 4) is 17.2 Å². The number of rotatable bonds is 9. The molecule has 4 N–H and O–H groups in total. The van der Waals surface area contributed by atoms with Gasteiger partial charge in [-0.05, 0) is 47.4 Å². The Bertz CT molecular complexity index is 1220. The quantitative estimate of drug-likeness (QED) is 0.355. The Labute approximate surface area is 192 Å². The smallest absolute Gasteiger partial charge is 0.231 e. The molecule has 3 aromatic carbocycles. The molecular formula is C24H26N2O6S. The Morgan fingerprint density at radius 2 is 1.70 bits per heavy atom. The van der Waals surface area contributed by atoms with Gasteiger partial charge < -0.3 is 25.0 Å². The summed E-state index contributed by atoms with van der Waals surface area (Å²) in [5.74, 6) is 1.17. The zero-order chi connectivity index (χ0) is 23.4. The van der Waals surface area contributed by atoms with Crippen molar-refractivity contribution < 1.29 is 28.1 Å². The molecule has 1 aliphatic rings. The van der Waals surface area contributed by atoms with Crippen molar-refractivity contribution in [1.29, 1.82) is 0 Å². The molecule has 0 amide bonds. The second kappa shape index (κ2) is 9.70. The van der Waals surface area contributed by atoms with E-state index in [0.717, 1.165) is 17.4 Å². The number of aliphatic hydroxyl groups excluding tert-OH is 1. The first-order chi connectivity index (χ1) is 15.8. The van der Waals surface area contributed by atoms with Crippen molar-refractivity contribution in [2.45, 2.75) is 18.6 Å². The van der Waals surface area contributed by atoms with Crippen LogP contribution in [0.2, 0.25) is 0 Å². The standard InChI is InChI=1S/C24H26N2O6S/c1-33(29,30)26-20-12-18(7-9-21(20)27)22(28)14-25-19(11-16-5-3-2-4-6-16)17-8-10-23-24(13-17)32-15-31-23/h2-10,12-13,19,22,25-28H,11,14-15H2,1H3/t19-,22+/m1/s1. The van der Waals surface area contributed by atoms with E-state index in [0.29, 0.717) is 23.5 Å². The molecule has 2 atom stereocenters. The minimum Gasteiger partial charge on any atom is -0.506 e. The highest BCUT2D eigenvalue weighted by atomic mass is 32.2. The summed E-state index contributed by atoms with van der Waals surface area (Å²) in [5.41, 5.74) is 2.60. The average molecular weight is 471 g/mol. The molecule has 0 fully saturated rings. The lowest BCUT2D eigenvalue weighted by Crippen LogP contribution is -2.28. The van der Waals surface area contributed by atoms with E-state index in [2.05, 4.69) is 10.0 Å². The Morgan fingerprint density at radius 3 is 2.45 bits per heavy atom. The summed E-state index contributed by atoms with van der Waals surface area (Å²) in [5, 5.41) is 24.1. The lowest BCUT2D eigenvalue weighted by Gasteiger charge is -2.22. The maximum atomic E-state index is 11.5. The van der Waals surface area contributed by atoms with Crippen molar-refractivity contribution >= 4 is 15.7 Å². The van der Waals surface area contributed by atoms with Gasteiger partial charge in [-0.1, -0.05) is 42.5 Å². The van der Waals surface area contributed by atoms with E-state index < -0.39 is 16.1 Å². The minimum atomic E-state index is -3.57. The fourth-order valence-corrected chi connectivity index (χ4v) is 4.26. The highest BCUT2D eigenvalue weighted by molar-refractivity contribution is 7.92. The van der Waals surface area contributed by atoms with Gasteiger partial charge >= 0.3 is 0 Å². The molecule has 8 nitrogen and oxygen atoms in total. The SMILES string of the molecule is CS(=O)(=O)Nc1cc([C@@H](O)CN[C@H](Cc2ccccc2)c2ccc3c(c2)OCO3)ccc1O. The molecule has 1 aliphatic heterocycles. The fraction of sp³-hybridized carbons (Fsp3) is 0.250. The number of fused-ring (bicyclic) bond motifs is 1. The van der Waals surface area contributed by atoms with Crippen LogP contribution in [0.3, 0.4) is 0 Å². The summed E-state index contributed by atoms with van der Waals surface area (Å²) in [7, 11) is -3.57. The predicted molar refractivity (Wildman–Crippen MR) is 125 cm³/mol. The summed E-state index contributed by atoms with van der Waals surface area (Å²) < 4.78 is 36.3. The summed E-state index contributed by atoms with van der Waals surface area (Å²) in [6.07, 6.45) is 0.748. The van der Waals surface area contributed by atoms with Crippen LogP contribution in [0.15, 0.2) is 66.7 Å². The van der Waals surface area contributed by atoms with E-state index in [1.807, 2.05) is 48.5 Å². The number of aliphatic hydroxyl groups is 1. The van der Waals surface area contributed by atoms with Gasteiger partial charge in [-0.15, -0.1) is 0 Å². The van der Waals surface area contributed by atoms with Gasteiger partial charge in [0.15, 0.2) is 11.5 Å². The summed E-state index contributed by atoms with van der Waals surface area (Å²) in [6.45, 7) is 0.397. The third-order valence-electron chi connectivity index (χ3n) is 5.34. The molecule has 0 aliphatic carbocycles. The highest BCUT2D eigenvalue weighted by Crippen LogP contribution is 2.35. The van der Waals surface area contributed by atoms with Crippen LogP contribution in [-0.2, 0) is 16.4 Å². The number of hydrogen-bond donors (Lipinski definition) is 4. The van der Waals surface area contributed by atoms with Crippen LogP contribution in [-0.4, -0.2) is 38.2 Å². The van der Waals surface area contributed by atoms with Crippen molar-refractivity contribution in [3.63, 3.8) is 0 Å². The lowest BCUT2D eigenvalue weighted by molar-refractivity contribution is 0.169. The number of aromatic hydroxyl groups is 1. The number of nitrogens with one attached hydrogen (secondary N) is 2. The Hall–Kier alpha value is -3.27. The molecule has 0 saturated heterocycles. The highest BCUT2D eigenvalue weighted by Gasteiger charge is 2.20. The van der Waals surface area contributed by atoms with Crippen LogP contribution in [0.4, 0.5) is 5.69 Å². The predicted octanol–water partition coefficient (Wildman–Crippen LogP) is 3.10. The van der Waals surface area contributed by atoms with Crippen LogP contribution in [0.1, 0.15) is 28.8 Å². The van der Waals surface area contributed by atoms with E-state index in [4.69, 9.17) is 9.47 Å². The molecule has 0 radical (unpaired) electrons. The largest absolute Gasteiger partial charge is 0.506 e. The van der Waals surface area contributed by atoms with Gasteiger partial charge in [0.1, 0.15) is 5.75 Å². The first-order valence-corrected chi connectivity index (χ1v) is 12.3. The normalized spacial score (nSPS) is 14.6. The molecule has 1 heterocycles. The van der Waals surface area contributed by atoms with Gasteiger partial charge in [0.2, 0.25) is 16.8 Å². The Morgan fingerprint density at radius 1 is 0.970 bits per heavy atom. The lowest BCUT2D eigenvalue weighted by atomic mass is 9.97. The molecule has 0 unspecified atom stereocenters. The van der Waals surface area contributed by atoms with Crippen molar-refractivity contribution in [3.05, 3.63) is 83.4 Å². The zero-order valence-electron chi connectivity index (χ0n) is 18.1. The zero-order valence-corrected chi connectivity index (χ0v) is 18.9. The molecular weight excluding hydrogens is 444 g/mol. The number of anilines is 1.